The average Bonchev–Trinajstić information content (AvgIpc) is 2.98. The summed E-state index contributed by atoms with van der Waals surface area (Å²) in [5.74, 6) is 1.80. The molecule has 0 saturated heterocycles. The number of aryl methyl sites for hydroxylation is 1. The number of hydrogen-bond donors (Lipinski definition) is 0. The topological polar surface area (TPSA) is 60.4 Å². The molecule has 5 nitrogen and oxygen atoms in total. The fraction of sp³-hybridized carbons (Fsp3) is 0.267. The van der Waals surface area contributed by atoms with Crippen LogP contribution in [0.1, 0.15) is 18.7 Å². The Hall–Kier alpha value is -2.21. The largest absolute Gasteiger partial charge is 0.464 e. The molecule has 0 atom stereocenters. The number of fused-ring (bicyclic) bond motifs is 1. The van der Waals surface area contributed by atoms with Crippen molar-refractivity contribution in [3.63, 3.8) is 0 Å². The third-order valence-electron chi connectivity index (χ3n) is 3.55. The molecule has 0 spiro atoms. The molecule has 0 unspecified atom stereocenters. The van der Waals surface area contributed by atoms with Crippen molar-refractivity contribution in [2.45, 2.75) is 19.8 Å². The van der Waals surface area contributed by atoms with Crippen molar-refractivity contribution in [3.8, 4) is 11.3 Å². The summed E-state index contributed by atoms with van der Waals surface area (Å²) in [6.07, 6.45) is 5.76. The second-order valence-electron chi connectivity index (χ2n) is 5.18. The van der Waals surface area contributed by atoms with Gasteiger partial charge in [0.25, 0.3) is 5.56 Å². The Kier molecular flexibility index (Phi) is 2.78. The number of rotatable bonds is 3. The summed E-state index contributed by atoms with van der Waals surface area (Å²) < 4.78 is 6.80. The lowest BCUT2D eigenvalue weighted by Gasteiger charge is -2.03. The van der Waals surface area contributed by atoms with Gasteiger partial charge < -0.3 is 4.42 Å². The van der Waals surface area contributed by atoms with Crippen LogP contribution in [-0.2, 0) is 0 Å². The van der Waals surface area contributed by atoms with Crippen molar-refractivity contribution in [1.29, 1.82) is 0 Å². The standard InChI is InChI=1S/C15H13N3O2S/c1-9-17-14-13(11(8-21-14)12-3-2-6-20-12)15(19)18(9)16-7-10-4-5-10/h2-3,6-8,10H,4-5H2,1H3/b16-7+. The minimum Gasteiger partial charge on any atom is -0.464 e. The highest BCUT2D eigenvalue weighted by Crippen LogP contribution is 2.31. The predicted octanol–water partition coefficient (Wildman–Crippen LogP) is 3.27. The third kappa shape index (κ3) is 2.12. The molecule has 4 rings (SSSR count). The molecule has 0 amide bonds. The van der Waals surface area contributed by atoms with Gasteiger partial charge in [-0.15, -0.1) is 11.3 Å². The second-order valence-corrected chi connectivity index (χ2v) is 6.04. The molecule has 3 heterocycles. The van der Waals surface area contributed by atoms with Crippen molar-refractivity contribution in [2.24, 2.45) is 11.0 Å². The Morgan fingerprint density at radius 3 is 3.10 bits per heavy atom. The van der Waals surface area contributed by atoms with Crippen LogP contribution < -0.4 is 5.56 Å². The highest BCUT2D eigenvalue weighted by molar-refractivity contribution is 7.17. The zero-order chi connectivity index (χ0) is 14.4. The molecule has 0 bridgehead atoms. The lowest BCUT2D eigenvalue weighted by atomic mass is 10.2. The van der Waals surface area contributed by atoms with Gasteiger partial charge in [-0.25, -0.2) is 4.98 Å². The van der Waals surface area contributed by atoms with Gasteiger partial charge in [0.2, 0.25) is 0 Å². The van der Waals surface area contributed by atoms with Gasteiger partial charge in [0.05, 0.1) is 11.6 Å². The quantitative estimate of drug-likeness (QED) is 0.697. The van der Waals surface area contributed by atoms with Crippen LogP contribution in [0.25, 0.3) is 21.5 Å². The molecule has 1 aliphatic carbocycles. The van der Waals surface area contributed by atoms with Crippen LogP contribution in [0, 0.1) is 12.8 Å². The van der Waals surface area contributed by atoms with E-state index in [0.717, 1.165) is 23.2 Å². The van der Waals surface area contributed by atoms with E-state index in [4.69, 9.17) is 4.42 Å². The highest BCUT2D eigenvalue weighted by atomic mass is 32.1. The van der Waals surface area contributed by atoms with E-state index in [1.165, 1.54) is 16.0 Å². The fourth-order valence-electron chi connectivity index (χ4n) is 2.24. The van der Waals surface area contributed by atoms with E-state index in [9.17, 15) is 4.79 Å². The first-order valence-electron chi connectivity index (χ1n) is 6.83. The maximum absolute atomic E-state index is 12.7. The summed E-state index contributed by atoms with van der Waals surface area (Å²) in [4.78, 5) is 17.9. The van der Waals surface area contributed by atoms with Crippen LogP contribution in [0.3, 0.4) is 0 Å². The number of aromatic nitrogens is 2. The smallest absolute Gasteiger partial charge is 0.283 e. The lowest BCUT2D eigenvalue weighted by molar-refractivity contribution is 0.583. The molecule has 3 aromatic heterocycles. The van der Waals surface area contributed by atoms with E-state index in [1.54, 1.807) is 13.2 Å². The Balaban J connectivity index is 1.95. The SMILES string of the molecule is Cc1nc2scc(-c3ccco3)c2c(=O)n1/N=C/C1CC1. The van der Waals surface area contributed by atoms with E-state index >= 15 is 0 Å². The first-order chi connectivity index (χ1) is 10.2. The Morgan fingerprint density at radius 1 is 1.52 bits per heavy atom. The Labute approximate surface area is 124 Å². The van der Waals surface area contributed by atoms with Crippen molar-refractivity contribution < 1.29 is 4.42 Å². The van der Waals surface area contributed by atoms with Crippen molar-refractivity contribution >= 4 is 27.8 Å². The van der Waals surface area contributed by atoms with Gasteiger partial charge >= 0.3 is 0 Å². The summed E-state index contributed by atoms with van der Waals surface area (Å²) in [5.41, 5.74) is 0.648. The molecule has 0 aromatic carbocycles. The Bertz CT molecular complexity index is 886. The first-order valence-corrected chi connectivity index (χ1v) is 7.71. The molecule has 21 heavy (non-hydrogen) atoms. The van der Waals surface area contributed by atoms with Gasteiger partial charge in [0.15, 0.2) is 0 Å². The summed E-state index contributed by atoms with van der Waals surface area (Å²) in [6.45, 7) is 1.80. The van der Waals surface area contributed by atoms with Gasteiger partial charge in [-0.2, -0.15) is 9.78 Å². The zero-order valence-electron chi connectivity index (χ0n) is 11.4. The van der Waals surface area contributed by atoms with Crippen molar-refractivity contribution in [3.05, 3.63) is 40.0 Å². The van der Waals surface area contributed by atoms with Crippen LogP contribution in [0.4, 0.5) is 0 Å². The molecular weight excluding hydrogens is 286 g/mol. The number of furan rings is 1. The number of nitrogens with zero attached hydrogens (tertiary/aromatic N) is 3. The van der Waals surface area contributed by atoms with Crippen LogP contribution >= 0.6 is 11.3 Å². The lowest BCUT2D eigenvalue weighted by Crippen LogP contribution is -2.20. The van der Waals surface area contributed by atoms with Crippen LogP contribution in [0.5, 0.6) is 0 Å². The molecule has 0 aliphatic heterocycles. The summed E-state index contributed by atoms with van der Waals surface area (Å²) in [7, 11) is 0. The molecular formula is C15H13N3O2S. The monoisotopic (exact) mass is 299 g/mol. The highest BCUT2D eigenvalue weighted by Gasteiger charge is 2.20. The average molecular weight is 299 g/mol. The molecule has 1 aliphatic rings. The molecule has 106 valence electrons. The van der Waals surface area contributed by atoms with E-state index in [0.29, 0.717) is 22.9 Å². The van der Waals surface area contributed by atoms with Crippen molar-refractivity contribution in [1.82, 2.24) is 9.66 Å². The summed E-state index contributed by atoms with van der Waals surface area (Å²) in [6, 6.07) is 3.66. The Morgan fingerprint density at radius 2 is 2.38 bits per heavy atom. The number of thiophene rings is 1. The normalized spacial score (nSPS) is 15.3. The van der Waals surface area contributed by atoms with E-state index in [1.807, 2.05) is 23.7 Å². The molecule has 0 N–H and O–H groups in total. The van der Waals surface area contributed by atoms with Crippen LogP contribution in [0.2, 0.25) is 0 Å². The van der Waals surface area contributed by atoms with E-state index in [2.05, 4.69) is 10.1 Å². The van der Waals surface area contributed by atoms with Gasteiger partial charge in [0.1, 0.15) is 16.4 Å². The summed E-state index contributed by atoms with van der Waals surface area (Å²) in [5, 5.41) is 6.80. The molecule has 0 radical (unpaired) electrons. The van der Waals surface area contributed by atoms with Gasteiger partial charge in [-0.1, -0.05) is 0 Å². The minimum atomic E-state index is -0.137. The van der Waals surface area contributed by atoms with Gasteiger partial charge in [-0.3, -0.25) is 4.79 Å². The first kappa shape index (κ1) is 12.5. The zero-order valence-corrected chi connectivity index (χ0v) is 12.3. The van der Waals surface area contributed by atoms with Gasteiger partial charge in [0, 0.05) is 17.2 Å². The van der Waals surface area contributed by atoms with E-state index in [-0.39, 0.29) is 5.56 Å². The van der Waals surface area contributed by atoms with Crippen molar-refractivity contribution in [2.75, 3.05) is 0 Å². The fourth-order valence-corrected chi connectivity index (χ4v) is 3.20. The molecule has 3 aromatic rings. The maximum atomic E-state index is 12.7. The minimum absolute atomic E-state index is 0.137. The second kappa shape index (κ2) is 4.66. The predicted molar refractivity (Wildman–Crippen MR) is 82.9 cm³/mol. The summed E-state index contributed by atoms with van der Waals surface area (Å²) >= 11 is 1.45. The molecule has 6 heteroatoms. The number of hydrogen-bond acceptors (Lipinski definition) is 5. The maximum Gasteiger partial charge on any atom is 0.283 e. The molecule has 1 saturated carbocycles. The van der Waals surface area contributed by atoms with Crippen LogP contribution in [-0.4, -0.2) is 15.9 Å². The molecule has 1 fully saturated rings. The van der Waals surface area contributed by atoms with Gasteiger partial charge in [-0.05, 0) is 37.8 Å². The third-order valence-corrected chi connectivity index (χ3v) is 4.42. The van der Waals surface area contributed by atoms with E-state index < -0.39 is 0 Å². The van der Waals surface area contributed by atoms with Crippen LogP contribution in [0.15, 0.2) is 38.1 Å².